The third kappa shape index (κ3) is 3.31. The summed E-state index contributed by atoms with van der Waals surface area (Å²) in [5, 5.41) is 24.0. The normalized spacial score (nSPS) is 17.4. The number of ether oxygens (including phenoxy) is 3. The van der Waals surface area contributed by atoms with E-state index in [1.54, 1.807) is 36.5 Å². The van der Waals surface area contributed by atoms with Gasteiger partial charge in [0.05, 0.1) is 21.3 Å². The molecule has 10 nitrogen and oxygen atoms in total. The van der Waals surface area contributed by atoms with Gasteiger partial charge in [-0.25, -0.2) is 9.97 Å². The van der Waals surface area contributed by atoms with E-state index in [1.807, 2.05) is 0 Å². The minimum atomic E-state index is -1.22. The molecule has 0 radical (unpaired) electrons. The zero-order chi connectivity index (χ0) is 21.3. The monoisotopic (exact) mass is 411 g/mol. The van der Waals surface area contributed by atoms with Crippen molar-refractivity contribution in [2.24, 2.45) is 0 Å². The van der Waals surface area contributed by atoms with Gasteiger partial charge >= 0.3 is 0 Å². The molecule has 0 fully saturated rings. The van der Waals surface area contributed by atoms with Gasteiger partial charge in [-0.3, -0.25) is 4.90 Å². The van der Waals surface area contributed by atoms with Crippen LogP contribution in [0, 0.1) is 0 Å². The van der Waals surface area contributed by atoms with Crippen LogP contribution in [0.2, 0.25) is 0 Å². The van der Waals surface area contributed by atoms with Crippen LogP contribution >= 0.6 is 0 Å². The second-order valence-corrected chi connectivity index (χ2v) is 6.43. The third-order valence-corrected chi connectivity index (χ3v) is 4.71. The standard InChI is InChI=1S/C20H21N5O5/c1-28-13-8-11(9-14(29-2)17(13)30-3)23-20-22-10-12-16(26)19(27)25(18(12)24-20)15-6-4-5-7-21-15/h4-10,16,19,26-27H,1-3H3,(H,22,23,24)/t16-,19+/m1/s1. The number of aliphatic hydroxyl groups excluding tert-OH is 2. The number of methoxy groups -OCH3 is 3. The molecule has 0 aliphatic carbocycles. The molecule has 4 rings (SSSR count). The number of rotatable bonds is 6. The number of nitrogens with zero attached hydrogens (tertiary/aromatic N) is 4. The quantitative estimate of drug-likeness (QED) is 0.556. The summed E-state index contributed by atoms with van der Waals surface area (Å²) < 4.78 is 16.1. The molecule has 2 aromatic heterocycles. The number of benzene rings is 1. The summed E-state index contributed by atoms with van der Waals surface area (Å²) in [7, 11) is 4.58. The second kappa shape index (κ2) is 8.01. The molecule has 1 aliphatic rings. The SMILES string of the molecule is COc1cc(Nc2ncc3c(n2)N(c2ccccn2)[C@@H](O)[C@@H]3O)cc(OC)c1OC. The number of hydrogen-bond donors (Lipinski definition) is 3. The fraction of sp³-hybridized carbons (Fsp3) is 0.250. The van der Waals surface area contributed by atoms with Crippen LogP contribution in [-0.2, 0) is 0 Å². The lowest BCUT2D eigenvalue weighted by molar-refractivity contribution is 0.0341. The lowest BCUT2D eigenvalue weighted by Crippen LogP contribution is -2.30. The van der Waals surface area contributed by atoms with Crippen LogP contribution in [0.4, 0.5) is 23.3 Å². The number of fused-ring (bicyclic) bond motifs is 1. The van der Waals surface area contributed by atoms with E-state index in [9.17, 15) is 10.2 Å². The van der Waals surface area contributed by atoms with Crippen LogP contribution in [0.15, 0.2) is 42.7 Å². The number of anilines is 4. The molecule has 0 unspecified atom stereocenters. The molecular weight excluding hydrogens is 390 g/mol. The van der Waals surface area contributed by atoms with Crippen molar-refractivity contribution in [3.63, 3.8) is 0 Å². The summed E-state index contributed by atoms with van der Waals surface area (Å²) in [5.41, 5.74) is 1.01. The fourth-order valence-electron chi connectivity index (χ4n) is 3.29. The Balaban J connectivity index is 1.71. The van der Waals surface area contributed by atoms with Gasteiger partial charge in [0.25, 0.3) is 0 Å². The Kier molecular flexibility index (Phi) is 5.25. The molecule has 1 aromatic carbocycles. The van der Waals surface area contributed by atoms with Gasteiger partial charge in [-0.15, -0.1) is 0 Å². The summed E-state index contributed by atoms with van der Waals surface area (Å²) in [6.45, 7) is 0. The maximum atomic E-state index is 10.5. The number of aliphatic hydroxyl groups is 2. The van der Waals surface area contributed by atoms with E-state index in [0.29, 0.717) is 40.1 Å². The first-order valence-electron chi connectivity index (χ1n) is 9.07. The highest BCUT2D eigenvalue weighted by Gasteiger charge is 2.39. The highest BCUT2D eigenvalue weighted by molar-refractivity contribution is 5.69. The summed E-state index contributed by atoms with van der Waals surface area (Å²) in [4.78, 5) is 14.5. The minimum absolute atomic E-state index is 0.255. The summed E-state index contributed by atoms with van der Waals surface area (Å²) >= 11 is 0. The smallest absolute Gasteiger partial charge is 0.229 e. The van der Waals surface area contributed by atoms with E-state index >= 15 is 0 Å². The van der Waals surface area contributed by atoms with E-state index in [1.165, 1.54) is 32.4 Å². The van der Waals surface area contributed by atoms with Crippen molar-refractivity contribution in [1.82, 2.24) is 15.0 Å². The van der Waals surface area contributed by atoms with E-state index < -0.39 is 12.3 Å². The predicted octanol–water partition coefficient (Wildman–Crippen LogP) is 2.14. The van der Waals surface area contributed by atoms with Gasteiger partial charge in [0, 0.05) is 35.8 Å². The van der Waals surface area contributed by atoms with Crippen LogP contribution in [-0.4, -0.2) is 52.7 Å². The molecule has 10 heteroatoms. The van der Waals surface area contributed by atoms with E-state index in [4.69, 9.17) is 14.2 Å². The van der Waals surface area contributed by atoms with Crippen molar-refractivity contribution >= 4 is 23.3 Å². The van der Waals surface area contributed by atoms with Gasteiger partial charge < -0.3 is 29.7 Å². The highest BCUT2D eigenvalue weighted by atomic mass is 16.5. The van der Waals surface area contributed by atoms with Crippen LogP contribution in [0.5, 0.6) is 17.2 Å². The van der Waals surface area contributed by atoms with E-state index in [2.05, 4.69) is 20.3 Å². The van der Waals surface area contributed by atoms with Gasteiger partial charge in [0.1, 0.15) is 17.7 Å². The molecule has 0 bridgehead atoms. The number of aromatic nitrogens is 3. The molecule has 30 heavy (non-hydrogen) atoms. The zero-order valence-corrected chi connectivity index (χ0v) is 16.6. The molecule has 2 atom stereocenters. The average Bonchev–Trinajstić information content (AvgIpc) is 3.03. The molecular formula is C20H21N5O5. The molecule has 0 saturated carbocycles. The molecule has 3 aromatic rings. The summed E-state index contributed by atoms with van der Waals surface area (Å²) in [6.07, 6.45) is 0.695. The van der Waals surface area contributed by atoms with E-state index in [0.717, 1.165) is 0 Å². The minimum Gasteiger partial charge on any atom is -0.493 e. The number of nitrogens with one attached hydrogen (secondary N) is 1. The Bertz CT molecular complexity index is 1020. The summed E-state index contributed by atoms with van der Waals surface area (Å²) in [6, 6.07) is 8.71. The van der Waals surface area contributed by atoms with Crippen molar-refractivity contribution in [1.29, 1.82) is 0 Å². The molecule has 0 spiro atoms. The first-order valence-corrected chi connectivity index (χ1v) is 9.07. The largest absolute Gasteiger partial charge is 0.493 e. The van der Waals surface area contributed by atoms with Gasteiger partial charge in [0.2, 0.25) is 11.7 Å². The Labute approximate surface area is 172 Å². The predicted molar refractivity (Wildman–Crippen MR) is 109 cm³/mol. The van der Waals surface area contributed by atoms with Crippen LogP contribution in [0.25, 0.3) is 0 Å². The maximum absolute atomic E-state index is 10.5. The number of hydrogen-bond acceptors (Lipinski definition) is 10. The second-order valence-electron chi connectivity index (χ2n) is 6.43. The van der Waals surface area contributed by atoms with Gasteiger partial charge in [-0.2, -0.15) is 4.98 Å². The van der Waals surface area contributed by atoms with Crippen LogP contribution in [0.1, 0.15) is 11.7 Å². The molecule has 1 aliphatic heterocycles. The van der Waals surface area contributed by atoms with Crippen LogP contribution < -0.4 is 24.4 Å². The lowest BCUT2D eigenvalue weighted by atomic mass is 10.2. The topological polar surface area (TPSA) is 122 Å². The highest BCUT2D eigenvalue weighted by Crippen LogP contribution is 2.43. The first kappa shape index (κ1) is 19.7. The van der Waals surface area contributed by atoms with E-state index in [-0.39, 0.29) is 5.95 Å². The Morgan fingerprint density at radius 3 is 2.33 bits per heavy atom. The Hall–Kier alpha value is -3.63. The third-order valence-electron chi connectivity index (χ3n) is 4.71. The lowest BCUT2D eigenvalue weighted by Gasteiger charge is -2.22. The zero-order valence-electron chi connectivity index (χ0n) is 16.6. The molecule has 3 heterocycles. The van der Waals surface area contributed by atoms with Crippen LogP contribution in [0.3, 0.4) is 0 Å². The van der Waals surface area contributed by atoms with Crippen molar-refractivity contribution in [3.05, 3.63) is 48.3 Å². The molecule has 156 valence electrons. The average molecular weight is 411 g/mol. The van der Waals surface area contributed by atoms with Crippen molar-refractivity contribution < 1.29 is 24.4 Å². The van der Waals surface area contributed by atoms with Crippen molar-refractivity contribution in [2.45, 2.75) is 12.3 Å². The molecule has 0 saturated heterocycles. The van der Waals surface area contributed by atoms with Crippen molar-refractivity contribution in [3.8, 4) is 17.2 Å². The number of pyridine rings is 1. The van der Waals surface area contributed by atoms with Gasteiger partial charge in [0.15, 0.2) is 17.7 Å². The Morgan fingerprint density at radius 2 is 1.73 bits per heavy atom. The maximum Gasteiger partial charge on any atom is 0.229 e. The van der Waals surface area contributed by atoms with Gasteiger partial charge in [-0.1, -0.05) is 6.07 Å². The fourth-order valence-corrected chi connectivity index (χ4v) is 3.29. The molecule has 3 N–H and O–H groups in total. The van der Waals surface area contributed by atoms with Gasteiger partial charge in [-0.05, 0) is 12.1 Å². The molecule has 0 amide bonds. The Morgan fingerprint density at radius 1 is 1.00 bits per heavy atom. The first-order chi connectivity index (χ1) is 14.6. The van der Waals surface area contributed by atoms with Crippen molar-refractivity contribution in [2.75, 3.05) is 31.5 Å². The summed E-state index contributed by atoms with van der Waals surface area (Å²) in [5.74, 6) is 2.49.